The lowest BCUT2D eigenvalue weighted by atomic mass is 10.1. The minimum atomic E-state index is 0.0960. The van der Waals surface area contributed by atoms with Gasteiger partial charge in [0.1, 0.15) is 6.04 Å². The Bertz CT molecular complexity index is 757. The molecule has 0 unspecified atom stereocenters. The van der Waals surface area contributed by atoms with Crippen molar-refractivity contribution < 1.29 is 10.1 Å². The van der Waals surface area contributed by atoms with E-state index in [-0.39, 0.29) is 11.9 Å². The minimum Gasteiger partial charge on any atom is -0.328 e. The number of hydrogen-bond donors (Lipinski definition) is 1. The topological polar surface area (TPSA) is 36.9 Å². The maximum atomic E-state index is 12.5. The summed E-state index contributed by atoms with van der Waals surface area (Å²) in [6.07, 6.45) is 0. The van der Waals surface area contributed by atoms with Crippen molar-refractivity contribution in [3.8, 4) is 0 Å². The van der Waals surface area contributed by atoms with E-state index in [1.165, 1.54) is 10.4 Å². The standard InChI is InChI=1S/C20H20N2OS/c1-22(17-11-6-3-7-12-17)19(23)15-21-20(18-13-8-14-24-18)16-9-4-2-5-10-16/h2-14,20-21H,15H2,1H3/p+1/t20-/m0/s1. The molecule has 3 nitrogen and oxygen atoms in total. The highest BCUT2D eigenvalue weighted by atomic mass is 32.1. The van der Waals surface area contributed by atoms with E-state index in [4.69, 9.17) is 0 Å². The number of carbonyl (C=O) groups excluding carboxylic acids is 1. The van der Waals surface area contributed by atoms with Crippen LogP contribution < -0.4 is 10.2 Å². The van der Waals surface area contributed by atoms with Crippen molar-refractivity contribution in [3.05, 3.63) is 88.6 Å². The summed E-state index contributed by atoms with van der Waals surface area (Å²) in [5.74, 6) is 0.0960. The molecule has 0 saturated carbocycles. The molecular formula is C20H21N2OS+. The van der Waals surface area contributed by atoms with Gasteiger partial charge >= 0.3 is 0 Å². The molecule has 0 spiro atoms. The highest BCUT2D eigenvalue weighted by Crippen LogP contribution is 2.22. The molecule has 0 aliphatic heterocycles. The molecule has 24 heavy (non-hydrogen) atoms. The van der Waals surface area contributed by atoms with Crippen molar-refractivity contribution in [1.29, 1.82) is 0 Å². The van der Waals surface area contributed by atoms with E-state index < -0.39 is 0 Å². The molecule has 122 valence electrons. The third kappa shape index (κ3) is 3.91. The fourth-order valence-corrected chi connectivity index (χ4v) is 3.55. The van der Waals surface area contributed by atoms with Gasteiger partial charge in [-0.1, -0.05) is 54.6 Å². The van der Waals surface area contributed by atoms with Crippen molar-refractivity contribution in [2.24, 2.45) is 0 Å². The third-order valence-electron chi connectivity index (χ3n) is 4.05. The SMILES string of the molecule is CN(C(=O)C[NH2+][C@@H](c1ccccc1)c1cccs1)c1ccccc1. The lowest BCUT2D eigenvalue weighted by Crippen LogP contribution is -2.87. The molecule has 0 radical (unpaired) electrons. The molecule has 1 amide bonds. The van der Waals surface area contributed by atoms with Crippen molar-refractivity contribution in [2.75, 3.05) is 18.5 Å². The molecular weight excluding hydrogens is 316 g/mol. The van der Waals surface area contributed by atoms with Gasteiger partial charge in [0, 0.05) is 18.3 Å². The van der Waals surface area contributed by atoms with Crippen LogP contribution in [0.25, 0.3) is 0 Å². The molecule has 1 aromatic heterocycles. The first-order chi connectivity index (χ1) is 11.8. The van der Waals surface area contributed by atoms with Crippen molar-refractivity contribution in [2.45, 2.75) is 6.04 Å². The van der Waals surface area contributed by atoms with Gasteiger partial charge in [0.05, 0.1) is 4.88 Å². The van der Waals surface area contributed by atoms with E-state index in [0.717, 1.165) is 5.69 Å². The number of carbonyl (C=O) groups is 1. The first kappa shape index (κ1) is 16.4. The Morgan fingerprint density at radius 3 is 2.29 bits per heavy atom. The number of para-hydroxylation sites is 1. The Hall–Kier alpha value is -2.43. The van der Waals surface area contributed by atoms with E-state index in [9.17, 15) is 4.79 Å². The second-order valence-corrected chi connectivity index (χ2v) is 6.61. The van der Waals surface area contributed by atoms with Gasteiger partial charge in [-0.15, -0.1) is 11.3 Å². The summed E-state index contributed by atoms with van der Waals surface area (Å²) in [5, 5.41) is 4.19. The van der Waals surface area contributed by atoms with Gasteiger partial charge in [-0.25, -0.2) is 0 Å². The van der Waals surface area contributed by atoms with Gasteiger partial charge in [-0.05, 0) is 23.6 Å². The number of rotatable bonds is 6. The zero-order valence-corrected chi connectivity index (χ0v) is 14.4. The van der Waals surface area contributed by atoms with Gasteiger partial charge in [0.25, 0.3) is 5.91 Å². The number of nitrogens with two attached hydrogens (primary N) is 1. The van der Waals surface area contributed by atoms with Crippen LogP contribution >= 0.6 is 11.3 Å². The number of likely N-dealkylation sites (N-methyl/N-ethyl adjacent to an activating group) is 1. The number of hydrogen-bond acceptors (Lipinski definition) is 2. The average molecular weight is 337 g/mol. The molecule has 2 N–H and O–H groups in total. The zero-order chi connectivity index (χ0) is 16.8. The van der Waals surface area contributed by atoms with Crippen molar-refractivity contribution >= 4 is 22.9 Å². The lowest BCUT2D eigenvalue weighted by molar-refractivity contribution is -0.676. The number of amides is 1. The predicted octanol–water partition coefficient (Wildman–Crippen LogP) is 3.06. The highest BCUT2D eigenvalue weighted by molar-refractivity contribution is 7.10. The van der Waals surface area contributed by atoms with Gasteiger partial charge < -0.3 is 10.2 Å². The molecule has 2 aromatic carbocycles. The lowest BCUT2D eigenvalue weighted by Gasteiger charge is -2.19. The van der Waals surface area contributed by atoms with Crippen LogP contribution in [0.15, 0.2) is 78.2 Å². The van der Waals surface area contributed by atoms with E-state index in [1.54, 1.807) is 16.2 Å². The highest BCUT2D eigenvalue weighted by Gasteiger charge is 2.21. The zero-order valence-electron chi connectivity index (χ0n) is 13.6. The second kappa shape index (κ2) is 7.90. The Labute approximate surface area is 146 Å². The summed E-state index contributed by atoms with van der Waals surface area (Å²) >= 11 is 1.73. The smallest absolute Gasteiger partial charge is 0.281 e. The maximum Gasteiger partial charge on any atom is 0.281 e. The number of quaternary nitrogens is 1. The Morgan fingerprint density at radius 2 is 1.67 bits per heavy atom. The van der Waals surface area contributed by atoms with Crippen LogP contribution in [0.4, 0.5) is 5.69 Å². The number of benzene rings is 2. The van der Waals surface area contributed by atoms with Crippen molar-refractivity contribution in [1.82, 2.24) is 0 Å². The summed E-state index contributed by atoms with van der Waals surface area (Å²) in [4.78, 5) is 15.5. The first-order valence-electron chi connectivity index (χ1n) is 7.99. The minimum absolute atomic E-state index is 0.0960. The molecule has 1 heterocycles. The molecule has 3 aromatic rings. The van der Waals surface area contributed by atoms with E-state index in [0.29, 0.717) is 6.54 Å². The summed E-state index contributed by atoms with van der Waals surface area (Å²) < 4.78 is 0. The molecule has 1 atom stereocenters. The summed E-state index contributed by atoms with van der Waals surface area (Å²) in [5.41, 5.74) is 2.14. The quantitative estimate of drug-likeness (QED) is 0.737. The van der Waals surface area contributed by atoms with Gasteiger partial charge in [0.15, 0.2) is 6.54 Å². The van der Waals surface area contributed by atoms with E-state index >= 15 is 0 Å². The Balaban J connectivity index is 1.71. The molecule has 0 fully saturated rings. The van der Waals surface area contributed by atoms with E-state index in [2.05, 4.69) is 35.0 Å². The van der Waals surface area contributed by atoms with E-state index in [1.807, 2.05) is 55.6 Å². The maximum absolute atomic E-state index is 12.5. The summed E-state index contributed by atoms with van der Waals surface area (Å²) in [6.45, 7) is 0.406. The first-order valence-corrected chi connectivity index (χ1v) is 8.87. The molecule has 3 rings (SSSR count). The fraction of sp³-hybridized carbons (Fsp3) is 0.150. The van der Waals surface area contributed by atoms with Gasteiger partial charge in [-0.2, -0.15) is 0 Å². The third-order valence-corrected chi connectivity index (χ3v) is 5.01. The fourth-order valence-electron chi connectivity index (χ4n) is 2.70. The van der Waals surface area contributed by atoms with Crippen LogP contribution in [-0.2, 0) is 4.79 Å². The van der Waals surface area contributed by atoms with Crippen LogP contribution in [0.2, 0.25) is 0 Å². The van der Waals surface area contributed by atoms with Crippen LogP contribution in [-0.4, -0.2) is 19.5 Å². The van der Waals surface area contributed by atoms with Crippen LogP contribution in [0.1, 0.15) is 16.5 Å². The Kier molecular flexibility index (Phi) is 5.41. The van der Waals surface area contributed by atoms with Crippen LogP contribution in [0.5, 0.6) is 0 Å². The molecule has 0 aliphatic rings. The largest absolute Gasteiger partial charge is 0.328 e. The monoisotopic (exact) mass is 337 g/mol. The number of thiophene rings is 1. The van der Waals surface area contributed by atoms with Crippen molar-refractivity contribution in [3.63, 3.8) is 0 Å². The molecule has 0 bridgehead atoms. The van der Waals surface area contributed by atoms with Gasteiger partial charge in [-0.3, -0.25) is 4.79 Å². The summed E-state index contributed by atoms with van der Waals surface area (Å²) in [6, 6.07) is 24.4. The summed E-state index contributed by atoms with van der Waals surface area (Å²) in [7, 11) is 1.83. The van der Waals surface area contributed by atoms with Gasteiger partial charge in [0.2, 0.25) is 0 Å². The second-order valence-electron chi connectivity index (χ2n) is 5.63. The predicted molar refractivity (Wildman–Crippen MR) is 99.2 cm³/mol. The Morgan fingerprint density at radius 1 is 1.00 bits per heavy atom. The van der Waals surface area contributed by atoms with Crippen LogP contribution in [0.3, 0.4) is 0 Å². The van der Waals surface area contributed by atoms with Crippen LogP contribution in [0, 0.1) is 0 Å². The average Bonchev–Trinajstić information content (AvgIpc) is 3.17. The molecule has 4 heteroatoms. The number of nitrogens with zero attached hydrogens (tertiary/aromatic N) is 1. The number of anilines is 1. The molecule has 0 saturated heterocycles. The normalized spacial score (nSPS) is 11.9. The molecule has 0 aliphatic carbocycles.